The maximum Gasteiger partial charge on any atom is 0.303 e. The van der Waals surface area contributed by atoms with Crippen molar-refractivity contribution in [1.82, 2.24) is 0 Å². The van der Waals surface area contributed by atoms with Crippen molar-refractivity contribution < 1.29 is 20.1 Å². The van der Waals surface area contributed by atoms with Crippen LogP contribution in [0.3, 0.4) is 0 Å². The van der Waals surface area contributed by atoms with Gasteiger partial charge in [-0.05, 0) is 104 Å². The normalized spacial score (nSPS) is 57.5. The first-order valence-electron chi connectivity index (χ1n) is 12.6. The molecule has 0 amide bonds. The van der Waals surface area contributed by atoms with Crippen LogP contribution in [-0.4, -0.2) is 33.5 Å². The summed E-state index contributed by atoms with van der Waals surface area (Å²) in [6, 6.07) is 0. The van der Waals surface area contributed by atoms with Crippen LogP contribution in [-0.2, 0) is 4.79 Å². The van der Waals surface area contributed by atoms with E-state index >= 15 is 0 Å². The second-order valence-corrected chi connectivity index (χ2v) is 12.7. The number of aliphatic carboxylic acids is 1. The van der Waals surface area contributed by atoms with Crippen molar-refractivity contribution in [3.05, 3.63) is 0 Å². The number of aliphatic hydroxyl groups is 2. The SMILES string of the molecule is CC(CCC(=O)O)C1CCC2C1(C)CCC13CC21C(O)C(C)C1CC(O)CCC13C. The average molecular weight is 419 g/mol. The molecule has 0 heterocycles. The molecule has 4 heteroatoms. The molecule has 30 heavy (non-hydrogen) atoms. The number of hydrogen-bond donors (Lipinski definition) is 3. The number of hydrogen-bond acceptors (Lipinski definition) is 3. The molecule has 0 aliphatic heterocycles. The summed E-state index contributed by atoms with van der Waals surface area (Å²) in [4.78, 5) is 11.1. The number of carboxylic acid groups (broad SMARTS) is 1. The molecule has 0 radical (unpaired) electrons. The molecule has 5 saturated carbocycles. The highest BCUT2D eigenvalue weighted by molar-refractivity contribution is 5.66. The quantitative estimate of drug-likeness (QED) is 0.609. The fourth-order valence-corrected chi connectivity index (χ4v) is 10.7. The summed E-state index contributed by atoms with van der Waals surface area (Å²) in [5.41, 5.74) is 0.809. The average Bonchev–Trinajstić information content (AvgIpc) is 3.30. The third-order valence-corrected chi connectivity index (χ3v) is 12.1. The maximum absolute atomic E-state index is 11.8. The van der Waals surface area contributed by atoms with Gasteiger partial charge in [0.25, 0.3) is 0 Å². The van der Waals surface area contributed by atoms with Gasteiger partial charge in [0.05, 0.1) is 12.2 Å². The van der Waals surface area contributed by atoms with Gasteiger partial charge in [0, 0.05) is 11.8 Å². The van der Waals surface area contributed by atoms with E-state index in [-0.39, 0.29) is 46.2 Å². The van der Waals surface area contributed by atoms with Crippen LogP contribution in [0, 0.1) is 51.2 Å². The molecule has 3 N–H and O–H groups in total. The van der Waals surface area contributed by atoms with Crippen LogP contribution < -0.4 is 0 Å². The van der Waals surface area contributed by atoms with Crippen molar-refractivity contribution in [1.29, 1.82) is 0 Å². The van der Waals surface area contributed by atoms with Crippen LogP contribution in [0.25, 0.3) is 0 Å². The molecule has 0 bridgehead atoms. The van der Waals surface area contributed by atoms with E-state index in [1.165, 1.54) is 32.1 Å². The van der Waals surface area contributed by atoms with Gasteiger partial charge < -0.3 is 15.3 Å². The van der Waals surface area contributed by atoms with Gasteiger partial charge >= 0.3 is 5.97 Å². The molecule has 5 rings (SSSR count). The largest absolute Gasteiger partial charge is 0.481 e. The molecule has 0 spiro atoms. The summed E-state index contributed by atoms with van der Waals surface area (Å²) < 4.78 is 0. The van der Waals surface area contributed by atoms with Crippen LogP contribution in [0.1, 0.15) is 91.9 Å². The second-order valence-electron chi connectivity index (χ2n) is 12.7. The summed E-state index contributed by atoms with van der Waals surface area (Å²) in [7, 11) is 0. The van der Waals surface area contributed by atoms with Gasteiger partial charge in [-0.3, -0.25) is 4.79 Å². The van der Waals surface area contributed by atoms with Gasteiger partial charge in [-0.15, -0.1) is 0 Å². The molecule has 0 aromatic rings. The Morgan fingerprint density at radius 3 is 2.53 bits per heavy atom. The topological polar surface area (TPSA) is 77.8 Å². The zero-order valence-corrected chi connectivity index (χ0v) is 19.4. The van der Waals surface area contributed by atoms with Crippen LogP contribution in [0.15, 0.2) is 0 Å². The van der Waals surface area contributed by atoms with Crippen LogP contribution >= 0.6 is 0 Å². The molecular formula is C26H42O4. The fraction of sp³-hybridized carbons (Fsp3) is 0.962. The lowest BCUT2D eigenvalue weighted by molar-refractivity contribution is -0.199. The Bertz CT molecular complexity index is 737. The van der Waals surface area contributed by atoms with E-state index in [0.29, 0.717) is 23.7 Å². The second kappa shape index (κ2) is 6.47. The molecule has 0 aromatic carbocycles. The summed E-state index contributed by atoms with van der Waals surface area (Å²) in [5.74, 6) is 1.59. The number of carboxylic acids is 1. The minimum Gasteiger partial charge on any atom is -0.481 e. The third kappa shape index (κ3) is 2.33. The molecule has 0 aromatic heterocycles. The van der Waals surface area contributed by atoms with Crippen molar-refractivity contribution in [3.8, 4) is 0 Å². The molecule has 5 aliphatic rings. The van der Waals surface area contributed by atoms with Gasteiger partial charge in [-0.1, -0.05) is 27.7 Å². The minimum absolute atomic E-state index is 0.0637. The zero-order chi connectivity index (χ0) is 21.7. The Balaban J connectivity index is 1.48. The smallest absolute Gasteiger partial charge is 0.303 e. The summed E-state index contributed by atoms with van der Waals surface area (Å²) in [6.07, 6.45) is 9.53. The van der Waals surface area contributed by atoms with Crippen LogP contribution in [0.4, 0.5) is 0 Å². The monoisotopic (exact) mass is 418 g/mol. The molecule has 0 saturated heterocycles. The molecule has 5 aliphatic carbocycles. The molecule has 170 valence electrons. The number of rotatable bonds is 4. The van der Waals surface area contributed by atoms with Gasteiger partial charge in [0.15, 0.2) is 0 Å². The lowest BCUT2D eigenvalue weighted by Crippen LogP contribution is -2.61. The Kier molecular flexibility index (Phi) is 4.58. The number of fused-ring (bicyclic) bond motifs is 2. The lowest BCUT2D eigenvalue weighted by atomic mass is 9.42. The van der Waals surface area contributed by atoms with E-state index in [1.807, 2.05) is 0 Å². The van der Waals surface area contributed by atoms with Gasteiger partial charge in [0.2, 0.25) is 0 Å². The van der Waals surface area contributed by atoms with E-state index in [0.717, 1.165) is 25.7 Å². The predicted molar refractivity (Wildman–Crippen MR) is 116 cm³/mol. The van der Waals surface area contributed by atoms with Crippen LogP contribution in [0.5, 0.6) is 0 Å². The Labute approximate surface area is 181 Å². The Morgan fingerprint density at radius 1 is 1.10 bits per heavy atom. The highest BCUT2D eigenvalue weighted by atomic mass is 16.4. The Hall–Kier alpha value is -0.610. The van der Waals surface area contributed by atoms with E-state index in [9.17, 15) is 20.1 Å². The maximum atomic E-state index is 11.8. The van der Waals surface area contributed by atoms with Crippen molar-refractivity contribution in [2.75, 3.05) is 0 Å². The first-order valence-corrected chi connectivity index (χ1v) is 12.6. The zero-order valence-electron chi connectivity index (χ0n) is 19.4. The highest BCUT2D eigenvalue weighted by Gasteiger charge is 2.86. The van der Waals surface area contributed by atoms with Crippen molar-refractivity contribution >= 4 is 5.97 Å². The lowest BCUT2D eigenvalue weighted by Gasteiger charge is -2.64. The minimum atomic E-state index is -0.681. The third-order valence-electron chi connectivity index (χ3n) is 12.1. The molecule has 11 unspecified atom stereocenters. The number of carbonyl (C=O) groups is 1. The Morgan fingerprint density at radius 2 is 1.83 bits per heavy atom. The first kappa shape index (κ1) is 21.2. The molecule has 11 atom stereocenters. The van der Waals surface area contributed by atoms with E-state index < -0.39 is 5.97 Å². The van der Waals surface area contributed by atoms with Crippen molar-refractivity contribution in [2.45, 2.75) is 104 Å². The van der Waals surface area contributed by atoms with Crippen molar-refractivity contribution in [2.24, 2.45) is 51.2 Å². The van der Waals surface area contributed by atoms with Gasteiger partial charge in [-0.2, -0.15) is 0 Å². The standard InChI is InChI=1S/C26H42O4/c1-15(5-8-21(28)29)18-6-7-20-23(18,3)11-12-25-14-26(20,25)22(30)16(2)19-13-17(27)9-10-24(19,25)4/h15-20,22,27,30H,5-14H2,1-4H3,(H,28,29). The van der Waals surface area contributed by atoms with Gasteiger partial charge in [0.1, 0.15) is 0 Å². The highest BCUT2D eigenvalue weighted by Crippen LogP contribution is 2.90. The summed E-state index contributed by atoms with van der Waals surface area (Å²) in [6.45, 7) is 9.53. The summed E-state index contributed by atoms with van der Waals surface area (Å²) in [5, 5.41) is 31.4. The number of aliphatic hydroxyl groups excluding tert-OH is 2. The molecular weight excluding hydrogens is 376 g/mol. The van der Waals surface area contributed by atoms with Crippen molar-refractivity contribution in [3.63, 3.8) is 0 Å². The fourth-order valence-electron chi connectivity index (χ4n) is 10.7. The van der Waals surface area contributed by atoms with E-state index in [1.54, 1.807) is 0 Å². The van der Waals surface area contributed by atoms with Crippen LogP contribution in [0.2, 0.25) is 0 Å². The molecule has 5 fully saturated rings. The first-order chi connectivity index (χ1) is 14.0. The van der Waals surface area contributed by atoms with E-state index in [4.69, 9.17) is 0 Å². The predicted octanol–water partition coefficient (Wildman–Crippen LogP) is 4.87. The van der Waals surface area contributed by atoms with Gasteiger partial charge in [-0.25, -0.2) is 0 Å². The van der Waals surface area contributed by atoms with E-state index in [2.05, 4.69) is 27.7 Å². The molecule has 4 nitrogen and oxygen atoms in total. The summed E-state index contributed by atoms with van der Waals surface area (Å²) >= 11 is 0.